The topological polar surface area (TPSA) is 67.8 Å². The van der Waals surface area contributed by atoms with Crippen molar-refractivity contribution in [3.05, 3.63) is 12.0 Å². The molecule has 0 atom stereocenters. The van der Waals surface area contributed by atoms with Crippen LogP contribution in [0.2, 0.25) is 0 Å². The Balaban J connectivity index is 1.78. The van der Waals surface area contributed by atoms with E-state index in [1.54, 1.807) is 0 Å². The Morgan fingerprint density at radius 2 is 2.21 bits per heavy atom. The summed E-state index contributed by atoms with van der Waals surface area (Å²) in [5, 5.41) is 13.2. The molecule has 1 heterocycles. The normalized spacial score (nSPS) is 30.8. The first-order chi connectivity index (χ1) is 9.13. The van der Waals surface area contributed by atoms with Crippen molar-refractivity contribution >= 4 is 5.91 Å². The highest BCUT2D eigenvalue weighted by molar-refractivity contribution is 5.91. The van der Waals surface area contributed by atoms with E-state index in [9.17, 15) is 9.90 Å². The first kappa shape index (κ1) is 14.2. The SMILES string of the molecule is CCC1CCC(O)(CNC(=O)C2=COCCO2)CC1. The van der Waals surface area contributed by atoms with Crippen LogP contribution in [0.25, 0.3) is 0 Å². The second kappa shape index (κ2) is 6.28. The summed E-state index contributed by atoms with van der Waals surface area (Å²) in [5.74, 6) is 0.594. The zero-order chi connectivity index (χ0) is 13.7. The third-order valence-electron chi connectivity index (χ3n) is 4.06. The minimum atomic E-state index is -0.766. The van der Waals surface area contributed by atoms with Gasteiger partial charge in [-0.25, -0.2) is 0 Å². The molecule has 0 spiro atoms. The minimum absolute atomic E-state index is 0.192. The van der Waals surface area contributed by atoms with Crippen molar-refractivity contribution in [3.63, 3.8) is 0 Å². The molecule has 0 aromatic heterocycles. The maximum Gasteiger partial charge on any atom is 0.289 e. The Morgan fingerprint density at radius 3 is 2.79 bits per heavy atom. The second-order valence-electron chi connectivity index (χ2n) is 5.46. The molecule has 1 aliphatic heterocycles. The van der Waals surface area contributed by atoms with Crippen LogP contribution in [0, 0.1) is 5.92 Å². The van der Waals surface area contributed by atoms with Gasteiger partial charge in [0.2, 0.25) is 5.76 Å². The summed E-state index contributed by atoms with van der Waals surface area (Å²) in [5.41, 5.74) is -0.766. The minimum Gasteiger partial charge on any atom is -0.494 e. The summed E-state index contributed by atoms with van der Waals surface area (Å²) < 4.78 is 10.2. The largest absolute Gasteiger partial charge is 0.494 e. The van der Waals surface area contributed by atoms with Crippen LogP contribution in [0.1, 0.15) is 39.0 Å². The molecule has 5 heteroatoms. The molecule has 5 nitrogen and oxygen atoms in total. The Morgan fingerprint density at radius 1 is 1.47 bits per heavy atom. The van der Waals surface area contributed by atoms with Gasteiger partial charge >= 0.3 is 0 Å². The van der Waals surface area contributed by atoms with E-state index in [0.29, 0.717) is 19.1 Å². The lowest BCUT2D eigenvalue weighted by atomic mass is 9.78. The van der Waals surface area contributed by atoms with Crippen molar-refractivity contribution < 1.29 is 19.4 Å². The van der Waals surface area contributed by atoms with Crippen molar-refractivity contribution in [2.24, 2.45) is 5.92 Å². The Labute approximate surface area is 114 Å². The van der Waals surface area contributed by atoms with E-state index in [0.717, 1.165) is 25.7 Å². The molecule has 0 aromatic carbocycles. The zero-order valence-electron chi connectivity index (χ0n) is 11.5. The maximum atomic E-state index is 11.8. The monoisotopic (exact) mass is 269 g/mol. The molecule has 19 heavy (non-hydrogen) atoms. The molecule has 108 valence electrons. The Kier molecular flexibility index (Phi) is 4.69. The summed E-state index contributed by atoms with van der Waals surface area (Å²) in [7, 11) is 0. The molecule has 1 saturated carbocycles. The van der Waals surface area contributed by atoms with E-state index < -0.39 is 5.60 Å². The fraction of sp³-hybridized carbons (Fsp3) is 0.786. The highest BCUT2D eigenvalue weighted by Crippen LogP contribution is 2.33. The summed E-state index contributed by atoms with van der Waals surface area (Å²) in [6, 6.07) is 0. The van der Waals surface area contributed by atoms with Crippen molar-refractivity contribution in [1.29, 1.82) is 0 Å². The molecule has 0 saturated heterocycles. The number of nitrogens with one attached hydrogen (secondary N) is 1. The number of carbonyl (C=O) groups excluding carboxylic acids is 1. The predicted molar refractivity (Wildman–Crippen MR) is 70.2 cm³/mol. The lowest BCUT2D eigenvalue weighted by Crippen LogP contribution is -2.46. The van der Waals surface area contributed by atoms with Crippen LogP contribution >= 0.6 is 0 Å². The molecule has 2 aliphatic rings. The number of hydrogen-bond acceptors (Lipinski definition) is 4. The van der Waals surface area contributed by atoms with Gasteiger partial charge in [-0.3, -0.25) is 4.79 Å². The molecule has 2 rings (SSSR count). The van der Waals surface area contributed by atoms with Gasteiger partial charge in [0, 0.05) is 6.54 Å². The first-order valence-electron chi connectivity index (χ1n) is 7.08. The van der Waals surface area contributed by atoms with Gasteiger partial charge in [0.15, 0.2) is 0 Å². The van der Waals surface area contributed by atoms with Gasteiger partial charge in [-0.1, -0.05) is 13.3 Å². The van der Waals surface area contributed by atoms with Crippen LogP contribution in [0.15, 0.2) is 12.0 Å². The number of carbonyl (C=O) groups is 1. The second-order valence-corrected chi connectivity index (χ2v) is 5.46. The number of rotatable bonds is 4. The van der Waals surface area contributed by atoms with Crippen LogP contribution in [0.5, 0.6) is 0 Å². The van der Waals surface area contributed by atoms with Crippen molar-refractivity contribution in [1.82, 2.24) is 5.32 Å². The van der Waals surface area contributed by atoms with Gasteiger partial charge in [-0.05, 0) is 31.6 Å². The van der Waals surface area contributed by atoms with Gasteiger partial charge in [-0.15, -0.1) is 0 Å². The van der Waals surface area contributed by atoms with E-state index >= 15 is 0 Å². The van der Waals surface area contributed by atoms with Crippen LogP contribution in [0.3, 0.4) is 0 Å². The molecule has 1 fully saturated rings. The summed E-state index contributed by atoms with van der Waals surface area (Å²) in [4.78, 5) is 11.8. The van der Waals surface area contributed by atoms with E-state index in [2.05, 4.69) is 12.2 Å². The smallest absolute Gasteiger partial charge is 0.289 e. The van der Waals surface area contributed by atoms with Gasteiger partial charge in [0.25, 0.3) is 5.91 Å². The average molecular weight is 269 g/mol. The van der Waals surface area contributed by atoms with Crippen molar-refractivity contribution in [2.45, 2.75) is 44.6 Å². The lowest BCUT2D eigenvalue weighted by molar-refractivity contribution is -0.124. The fourth-order valence-corrected chi connectivity index (χ4v) is 2.62. The summed E-state index contributed by atoms with van der Waals surface area (Å²) in [6.07, 6.45) is 6.07. The lowest BCUT2D eigenvalue weighted by Gasteiger charge is -2.35. The summed E-state index contributed by atoms with van der Waals surface area (Å²) in [6.45, 7) is 3.33. The molecule has 2 N–H and O–H groups in total. The summed E-state index contributed by atoms with van der Waals surface area (Å²) >= 11 is 0. The standard InChI is InChI=1S/C14H23NO4/c1-2-11-3-5-14(17,6-4-11)10-15-13(16)12-9-18-7-8-19-12/h9,11,17H,2-8,10H2,1H3,(H,15,16). The van der Waals surface area contributed by atoms with E-state index in [1.807, 2.05) is 0 Å². The Bertz CT molecular complexity index is 345. The third kappa shape index (κ3) is 3.86. The molecule has 0 radical (unpaired) electrons. The zero-order valence-corrected chi connectivity index (χ0v) is 11.5. The first-order valence-corrected chi connectivity index (χ1v) is 7.08. The molecule has 0 unspecified atom stereocenters. The Hall–Kier alpha value is -1.23. The van der Waals surface area contributed by atoms with Crippen LogP contribution in [0.4, 0.5) is 0 Å². The molecular formula is C14H23NO4. The van der Waals surface area contributed by atoms with Crippen LogP contribution < -0.4 is 5.32 Å². The van der Waals surface area contributed by atoms with Crippen molar-refractivity contribution in [2.75, 3.05) is 19.8 Å². The average Bonchev–Trinajstić information content (AvgIpc) is 2.47. The van der Waals surface area contributed by atoms with Gasteiger partial charge in [0.05, 0.1) is 5.60 Å². The fourth-order valence-electron chi connectivity index (χ4n) is 2.62. The number of aliphatic hydroxyl groups is 1. The predicted octanol–water partition coefficient (Wildman–Crippen LogP) is 1.32. The number of amides is 1. The third-order valence-corrected chi connectivity index (χ3v) is 4.06. The van der Waals surface area contributed by atoms with E-state index in [4.69, 9.17) is 9.47 Å². The quantitative estimate of drug-likeness (QED) is 0.808. The molecular weight excluding hydrogens is 246 g/mol. The van der Waals surface area contributed by atoms with Crippen LogP contribution in [-0.2, 0) is 14.3 Å². The molecule has 1 amide bonds. The molecule has 1 aliphatic carbocycles. The molecule has 0 aromatic rings. The van der Waals surface area contributed by atoms with Gasteiger partial charge in [0.1, 0.15) is 19.5 Å². The van der Waals surface area contributed by atoms with Gasteiger partial charge < -0.3 is 19.9 Å². The highest BCUT2D eigenvalue weighted by atomic mass is 16.6. The van der Waals surface area contributed by atoms with E-state index in [1.165, 1.54) is 12.7 Å². The maximum absolute atomic E-state index is 11.8. The highest BCUT2D eigenvalue weighted by Gasteiger charge is 2.33. The van der Waals surface area contributed by atoms with Gasteiger partial charge in [-0.2, -0.15) is 0 Å². The number of hydrogen-bond donors (Lipinski definition) is 2. The van der Waals surface area contributed by atoms with Crippen LogP contribution in [-0.4, -0.2) is 36.4 Å². The van der Waals surface area contributed by atoms with E-state index in [-0.39, 0.29) is 18.2 Å². The molecule has 0 bridgehead atoms. The number of ether oxygens (including phenoxy) is 2. The van der Waals surface area contributed by atoms with Crippen molar-refractivity contribution in [3.8, 4) is 0 Å².